The zero-order valence-electron chi connectivity index (χ0n) is 25.1. The van der Waals surface area contributed by atoms with Crippen molar-refractivity contribution in [3.63, 3.8) is 0 Å². The molecule has 0 radical (unpaired) electrons. The number of nitrogens with zero attached hydrogens (tertiary/aromatic N) is 1. The standard InChI is InChI=1S/C39H26I2N4O2/c1-47-39(46)25-4-2-22(3-5-25)36-32-18-20-34(44-32)37(23-6-10-26(40)11-7-23)30-16-14-28(42-30)29-15-17-31(43-29)38(35-21-19-33(36)45-35)24-8-12-27(41)13-9-24/h2-21,42-44H,1H3. The highest BCUT2D eigenvalue weighted by molar-refractivity contribution is 14.1. The van der Waals surface area contributed by atoms with Gasteiger partial charge in [0.05, 0.1) is 35.1 Å². The highest BCUT2D eigenvalue weighted by atomic mass is 127. The Kier molecular flexibility index (Phi) is 7.69. The number of carbonyl (C=O) groups excluding carboxylic acids is 1. The molecule has 0 atom stereocenters. The van der Waals surface area contributed by atoms with E-state index in [2.05, 4.69) is 157 Å². The van der Waals surface area contributed by atoms with Gasteiger partial charge in [-0.2, -0.15) is 0 Å². The van der Waals surface area contributed by atoms with Gasteiger partial charge in [0, 0.05) is 45.9 Å². The molecule has 0 saturated heterocycles. The molecule has 47 heavy (non-hydrogen) atoms. The number of halogens is 2. The van der Waals surface area contributed by atoms with Crippen LogP contribution in [0.15, 0.2) is 109 Å². The van der Waals surface area contributed by atoms with E-state index in [1.807, 2.05) is 12.1 Å². The van der Waals surface area contributed by atoms with E-state index in [0.29, 0.717) is 5.56 Å². The number of rotatable bonds is 4. The van der Waals surface area contributed by atoms with Gasteiger partial charge < -0.3 is 19.7 Å². The smallest absolute Gasteiger partial charge is 0.337 e. The normalized spacial score (nSPS) is 11.7. The minimum atomic E-state index is -0.372. The van der Waals surface area contributed by atoms with Crippen molar-refractivity contribution < 1.29 is 9.53 Å². The molecule has 1 aliphatic heterocycles. The van der Waals surface area contributed by atoms with E-state index in [9.17, 15) is 4.79 Å². The number of methoxy groups -OCH3 is 1. The molecule has 8 bridgehead atoms. The molecule has 1 aliphatic rings. The number of carbonyl (C=O) groups is 1. The fourth-order valence-corrected chi connectivity index (χ4v) is 6.91. The largest absolute Gasteiger partial charge is 0.465 e. The molecule has 0 aliphatic carbocycles. The SMILES string of the molecule is COC(=O)c1ccc(-c2c3nc(c(-c4ccc(I)cc4)c4ccc([nH]4)c4ccc([nH]4)c(-c4ccc(I)cc4)c4ccc2[nH]4)C=C3)cc1. The average Bonchev–Trinajstić information content (AvgIpc) is 3.92. The quantitative estimate of drug-likeness (QED) is 0.122. The Labute approximate surface area is 297 Å². The summed E-state index contributed by atoms with van der Waals surface area (Å²) in [4.78, 5) is 28.7. The molecule has 0 unspecified atom stereocenters. The maximum atomic E-state index is 12.3. The van der Waals surface area contributed by atoms with E-state index in [0.717, 1.165) is 77.9 Å². The van der Waals surface area contributed by atoms with Gasteiger partial charge in [0.15, 0.2) is 0 Å². The zero-order chi connectivity index (χ0) is 32.1. The van der Waals surface area contributed by atoms with Crippen molar-refractivity contribution in [1.29, 1.82) is 0 Å². The summed E-state index contributed by atoms with van der Waals surface area (Å²) in [7, 11) is 1.39. The van der Waals surface area contributed by atoms with Gasteiger partial charge in [0.2, 0.25) is 0 Å². The van der Waals surface area contributed by atoms with Gasteiger partial charge >= 0.3 is 5.97 Å². The van der Waals surface area contributed by atoms with Crippen molar-refractivity contribution >= 4 is 96.4 Å². The van der Waals surface area contributed by atoms with Crippen molar-refractivity contribution in [2.75, 3.05) is 7.11 Å². The molecule has 8 heteroatoms. The second kappa shape index (κ2) is 12.2. The third kappa shape index (κ3) is 5.55. The van der Waals surface area contributed by atoms with Crippen LogP contribution in [0, 0.1) is 7.14 Å². The van der Waals surface area contributed by atoms with E-state index >= 15 is 0 Å². The molecule has 228 valence electrons. The number of nitrogens with one attached hydrogen (secondary N) is 3. The van der Waals surface area contributed by atoms with Crippen molar-refractivity contribution in [3.8, 4) is 33.4 Å². The molecular weight excluding hydrogens is 810 g/mol. The monoisotopic (exact) mass is 836 g/mol. The predicted octanol–water partition coefficient (Wildman–Crippen LogP) is 10.7. The Bertz CT molecular complexity index is 2470. The molecule has 0 fully saturated rings. The van der Waals surface area contributed by atoms with E-state index < -0.39 is 0 Å². The van der Waals surface area contributed by atoms with Crippen molar-refractivity contribution in [2.24, 2.45) is 0 Å². The summed E-state index contributed by atoms with van der Waals surface area (Å²) in [5.41, 5.74) is 14.1. The van der Waals surface area contributed by atoms with Gasteiger partial charge in [-0.25, -0.2) is 9.78 Å². The molecular formula is C39H26I2N4O2. The first-order valence-electron chi connectivity index (χ1n) is 15.0. The number of ether oxygens (including phenoxy) is 1. The third-order valence-corrected chi connectivity index (χ3v) is 9.88. The highest BCUT2D eigenvalue weighted by Gasteiger charge is 2.17. The lowest BCUT2D eigenvalue weighted by molar-refractivity contribution is 0.0600. The number of fused-ring (bicyclic) bond motifs is 9. The van der Waals surface area contributed by atoms with Gasteiger partial charge in [-0.3, -0.25) is 0 Å². The Hall–Kier alpha value is -4.68. The number of aromatic nitrogens is 4. The van der Waals surface area contributed by atoms with E-state index in [-0.39, 0.29) is 5.97 Å². The van der Waals surface area contributed by atoms with E-state index in [4.69, 9.17) is 9.72 Å². The lowest BCUT2D eigenvalue weighted by atomic mass is 10.0. The van der Waals surface area contributed by atoms with Crippen LogP contribution in [0.3, 0.4) is 0 Å². The van der Waals surface area contributed by atoms with Gasteiger partial charge in [-0.1, -0.05) is 36.4 Å². The average molecular weight is 836 g/mol. The van der Waals surface area contributed by atoms with Crippen LogP contribution in [0.2, 0.25) is 0 Å². The molecule has 0 saturated carbocycles. The summed E-state index contributed by atoms with van der Waals surface area (Å²) in [6.45, 7) is 0. The summed E-state index contributed by atoms with van der Waals surface area (Å²) in [6.07, 6.45) is 4.15. The van der Waals surface area contributed by atoms with Crippen LogP contribution < -0.4 is 0 Å². The molecule has 3 N–H and O–H groups in total. The first-order valence-corrected chi connectivity index (χ1v) is 17.2. The number of H-pyrrole nitrogens is 3. The number of benzene rings is 3. The molecule has 8 rings (SSSR count). The molecule has 6 nitrogen and oxygen atoms in total. The molecule has 0 amide bonds. The maximum absolute atomic E-state index is 12.3. The van der Waals surface area contributed by atoms with Crippen LogP contribution in [0.5, 0.6) is 0 Å². The molecule has 4 aromatic heterocycles. The molecule has 0 spiro atoms. The van der Waals surface area contributed by atoms with Gasteiger partial charge in [0.25, 0.3) is 0 Å². The fourth-order valence-electron chi connectivity index (χ4n) is 6.19. The summed E-state index contributed by atoms with van der Waals surface area (Å²) < 4.78 is 7.30. The number of hydrogen-bond donors (Lipinski definition) is 3. The molecule has 3 aromatic carbocycles. The van der Waals surface area contributed by atoms with Crippen LogP contribution in [0.4, 0.5) is 0 Å². The van der Waals surface area contributed by atoms with Gasteiger partial charge in [-0.15, -0.1) is 0 Å². The van der Waals surface area contributed by atoms with Gasteiger partial charge in [-0.05, 0) is 147 Å². The second-order valence-corrected chi connectivity index (χ2v) is 13.8. The minimum absolute atomic E-state index is 0.372. The lowest BCUT2D eigenvalue weighted by Crippen LogP contribution is -2.00. The molecule has 5 heterocycles. The Morgan fingerprint density at radius 3 is 1.32 bits per heavy atom. The Morgan fingerprint density at radius 2 is 0.872 bits per heavy atom. The number of esters is 1. The first-order chi connectivity index (χ1) is 22.9. The fraction of sp³-hybridized carbons (Fsp3) is 0.0256. The van der Waals surface area contributed by atoms with Crippen molar-refractivity contribution in [3.05, 3.63) is 133 Å². The summed E-state index contributed by atoms with van der Waals surface area (Å²) in [5.74, 6) is -0.372. The number of hydrogen-bond acceptors (Lipinski definition) is 3. The first kappa shape index (κ1) is 29.7. The van der Waals surface area contributed by atoms with Crippen LogP contribution in [0.1, 0.15) is 21.7 Å². The lowest BCUT2D eigenvalue weighted by Gasteiger charge is -2.07. The van der Waals surface area contributed by atoms with Crippen LogP contribution in [-0.4, -0.2) is 33.0 Å². The van der Waals surface area contributed by atoms with Crippen molar-refractivity contribution in [2.45, 2.75) is 0 Å². The minimum Gasteiger partial charge on any atom is -0.465 e. The summed E-state index contributed by atoms with van der Waals surface area (Å²) in [5, 5.41) is 0. The van der Waals surface area contributed by atoms with Crippen LogP contribution >= 0.6 is 45.2 Å². The highest BCUT2D eigenvalue weighted by Crippen LogP contribution is 2.36. The molecule has 7 aromatic rings. The van der Waals surface area contributed by atoms with E-state index in [1.54, 1.807) is 12.1 Å². The third-order valence-electron chi connectivity index (χ3n) is 8.44. The van der Waals surface area contributed by atoms with Crippen LogP contribution in [0.25, 0.3) is 78.6 Å². The zero-order valence-corrected chi connectivity index (χ0v) is 29.4. The second-order valence-electron chi connectivity index (χ2n) is 11.3. The number of aromatic amines is 3. The van der Waals surface area contributed by atoms with Gasteiger partial charge in [0.1, 0.15) is 0 Å². The Balaban J connectivity index is 1.51. The summed E-state index contributed by atoms with van der Waals surface area (Å²) in [6, 6.07) is 37.3. The Morgan fingerprint density at radius 1 is 0.511 bits per heavy atom. The maximum Gasteiger partial charge on any atom is 0.337 e. The predicted molar refractivity (Wildman–Crippen MR) is 208 cm³/mol. The van der Waals surface area contributed by atoms with Crippen molar-refractivity contribution in [1.82, 2.24) is 19.9 Å². The summed E-state index contributed by atoms with van der Waals surface area (Å²) >= 11 is 4.67. The van der Waals surface area contributed by atoms with E-state index in [1.165, 1.54) is 14.3 Å². The topological polar surface area (TPSA) is 86.6 Å². The van der Waals surface area contributed by atoms with Crippen LogP contribution in [-0.2, 0) is 4.74 Å².